The van der Waals surface area contributed by atoms with E-state index in [0.29, 0.717) is 0 Å². The molecule has 1 unspecified atom stereocenters. The molecule has 0 aliphatic carbocycles. The molecular weight excluding hydrogens is 382 g/mol. The van der Waals surface area contributed by atoms with E-state index in [0.717, 1.165) is 0 Å². The van der Waals surface area contributed by atoms with E-state index in [4.69, 9.17) is 24.3 Å². The fourth-order valence-electron chi connectivity index (χ4n) is 1.87. The monoisotopic (exact) mass is 400 g/mol. The van der Waals surface area contributed by atoms with Gasteiger partial charge in [-0.05, 0) is 0 Å². The molecule has 0 radical (unpaired) electrons. The Morgan fingerprint density at radius 3 is 1.92 bits per heavy atom. The molecular formula is C8H18O14P2. The molecule has 144 valence electrons. The summed E-state index contributed by atoms with van der Waals surface area (Å²) in [5, 5.41) is 48.3. The molecule has 1 rings (SSSR count). The number of ether oxygens (including phenoxy) is 1. The summed E-state index contributed by atoms with van der Waals surface area (Å²) in [4.78, 5) is 34.4. The second-order valence-corrected chi connectivity index (χ2v) is 7.31. The minimum atomic E-state index is -5.18. The SMILES string of the molecule is O=P(O)(O)OC[C@@H](O)[C@@H](O)C1O[C@H](OP(=O)(O)O)[C@H](O)[C@@H](O)[C@@H]1O. The standard InChI is InChI=1S/C8H18O14P2/c9-2(1-20-23(14,15)16)3(10)7-5(12)4(11)6(13)8(21-7)22-24(17,18)19/h2-13H,1H2,(H2,14,15,16)(H2,17,18,19)/t2-,3-,4+,5+,6-,7?,8-/m1/s1. The molecule has 0 amide bonds. The van der Waals surface area contributed by atoms with Crippen LogP contribution in [0.5, 0.6) is 0 Å². The number of aliphatic hydroxyl groups is 5. The van der Waals surface area contributed by atoms with Crippen LogP contribution in [0.2, 0.25) is 0 Å². The molecule has 7 atom stereocenters. The van der Waals surface area contributed by atoms with Crippen molar-refractivity contribution in [3.8, 4) is 0 Å². The summed E-state index contributed by atoms with van der Waals surface area (Å²) in [7, 11) is -10.2. The lowest BCUT2D eigenvalue weighted by Crippen LogP contribution is -2.62. The van der Waals surface area contributed by atoms with E-state index >= 15 is 0 Å². The molecule has 9 N–H and O–H groups in total. The van der Waals surface area contributed by atoms with Crippen molar-refractivity contribution in [1.29, 1.82) is 0 Å². The Morgan fingerprint density at radius 2 is 1.46 bits per heavy atom. The number of hydrogen-bond acceptors (Lipinski definition) is 10. The molecule has 14 nitrogen and oxygen atoms in total. The van der Waals surface area contributed by atoms with Crippen LogP contribution >= 0.6 is 15.6 Å². The summed E-state index contributed by atoms with van der Waals surface area (Å²) in [5.74, 6) is 0. The fraction of sp³-hybridized carbons (Fsp3) is 1.00. The summed E-state index contributed by atoms with van der Waals surface area (Å²) in [5.41, 5.74) is 0. The zero-order valence-electron chi connectivity index (χ0n) is 11.7. The van der Waals surface area contributed by atoms with Crippen LogP contribution in [0.3, 0.4) is 0 Å². The molecule has 1 fully saturated rings. The van der Waals surface area contributed by atoms with Gasteiger partial charge in [0.25, 0.3) is 0 Å². The second-order valence-electron chi connectivity index (χ2n) is 4.88. The molecule has 16 heteroatoms. The van der Waals surface area contributed by atoms with Gasteiger partial charge in [0, 0.05) is 0 Å². The van der Waals surface area contributed by atoms with E-state index in [2.05, 4.69) is 9.05 Å². The average Bonchev–Trinajstić information content (AvgIpc) is 2.42. The number of phosphoric ester groups is 2. The third kappa shape index (κ3) is 6.37. The summed E-state index contributed by atoms with van der Waals surface area (Å²) in [6, 6.07) is 0. The summed E-state index contributed by atoms with van der Waals surface area (Å²) in [6.45, 7) is -1.10. The van der Waals surface area contributed by atoms with Crippen molar-refractivity contribution in [3.63, 3.8) is 0 Å². The van der Waals surface area contributed by atoms with Gasteiger partial charge in [-0.2, -0.15) is 0 Å². The van der Waals surface area contributed by atoms with Gasteiger partial charge in [0.05, 0.1) is 6.61 Å². The third-order valence-corrected chi connectivity index (χ3v) is 3.96. The van der Waals surface area contributed by atoms with Gasteiger partial charge < -0.3 is 49.8 Å². The predicted molar refractivity (Wildman–Crippen MR) is 69.8 cm³/mol. The lowest BCUT2D eigenvalue weighted by Gasteiger charge is -2.42. The van der Waals surface area contributed by atoms with Crippen molar-refractivity contribution in [2.45, 2.75) is 42.9 Å². The molecule has 1 saturated heterocycles. The highest BCUT2D eigenvalue weighted by molar-refractivity contribution is 7.46. The van der Waals surface area contributed by atoms with E-state index in [1.807, 2.05) is 0 Å². The molecule has 0 aromatic carbocycles. The molecule has 0 aromatic rings. The van der Waals surface area contributed by atoms with Crippen LogP contribution in [-0.2, 0) is 22.9 Å². The van der Waals surface area contributed by atoms with Crippen LogP contribution in [0.1, 0.15) is 0 Å². The zero-order chi connectivity index (χ0) is 18.9. The Morgan fingerprint density at radius 1 is 0.917 bits per heavy atom. The van der Waals surface area contributed by atoms with E-state index in [9.17, 15) is 34.7 Å². The first-order valence-electron chi connectivity index (χ1n) is 6.23. The van der Waals surface area contributed by atoms with Gasteiger partial charge in [-0.3, -0.25) is 9.05 Å². The van der Waals surface area contributed by atoms with E-state index in [1.165, 1.54) is 0 Å². The Balaban J connectivity index is 2.83. The molecule has 0 bridgehead atoms. The van der Waals surface area contributed by atoms with Gasteiger partial charge in [-0.25, -0.2) is 9.13 Å². The Kier molecular flexibility index (Phi) is 7.45. The smallest absolute Gasteiger partial charge is 0.388 e. The Labute approximate surface area is 134 Å². The van der Waals surface area contributed by atoms with E-state index in [1.54, 1.807) is 0 Å². The minimum Gasteiger partial charge on any atom is -0.388 e. The normalized spacial score (nSPS) is 34.8. The van der Waals surface area contributed by atoms with Gasteiger partial charge in [-0.15, -0.1) is 0 Å². The number of aliphatic hydroxyl groups excluding tert-OH is 5. The molecule has 24 heavy (non-hydrogen) atoms. The fourth-order valence-corrected chi connectivity index (χ4v) is 2.66. The summed E-state index contributed by atoms with van der Waals surface area (Å²) in [6.07, 6.45) is -14.5. The molecule has 1 aliphatic rings. The first-order valence-corrected chi connectivity index (χ1v) is 9.29. The van der Waals surface area contributed by atoms with Crippen molar-refractivity contribution >= 4 is 15.6 Å². The Bertz CT molecular complexity index is 501. The van der Waals surface area contributed by atoms with Crippen LogP contribution in [0.15, 0.2) is 0 Å². The van der Waals surface area contributed by atoms with E-state index < -0.39 is 65.2 Å². The van der Waals surface area contributed by atoms with Gasteiger partial charge in [0.15, 0.2) is 6.29 Å². The first-order chi connectivity index (χ1) is 10.7. The zero-order valence-corrected chi connectivity index (χ0v) is 13.5. The largest absolute Gasteiger partial charge is 0.472 e. The average molecular weight is 400 g/mol. The minimum absolute atomic E-state index is 1.10. The van der Waals surface area contributed by atoms with Gasteiger partial charge in [0.2, 0.25) is 0 Å². The highest BCUT2D eigenvalue weighted by Crippen LogP contribution is 2.41. The van der Waals surface area contributed by atoms with Crippen molar-refractivity contribution in [2.24, 2.45) is 0 Å². The topological polar surface area (TPSA) is 244 Å². The molecule has 0 aromatic heterocycles. The van der Waals surface area contributed by atoms with Crippen LogP contribution in [-0.4, -0.2) is 94.6 Å². The quantitative estimate of drug-likeness (QED) is 0.184. The maximum atomic E-state index is 10.8. The third-order valence-electron chi connectivity index (χ3n) is 2.99. The summed E-state index contributed by atoms with van der Waals surface area (Å²) < 4.78 is 34.0. The maximum absolute atomic E-state index is 10.8. The van der Waals surface area contributed by atoms with Crippen LogP contribution < -0.4 is 0 Å². The number of phosphoric acid groups is 2. The molecule has 1 heterocycles. The highest BCUT2D eigenvalue weighted by atomic mass is 31.2. The van der Waals surface area contributed by atoms with Crippen molar-refractivity contribution in [3.05, 3.63) is 0 Å². The number of hydrogen-bond donors (Lipinski definition) is 9. The highest BCUT2D eigenvalue weighted by Gasteiger charge is 2.50. The van der Waals surface area contributed by atoms with Crippen LogP contribution in [0.25, 0.3) is 0 Å². The lowest BCUT2D eigenvalue weighted by molar-refractivity contribution is -0.297. The molecule has 1 aliphatic heterocycles. The van der Waals surface area contributed by atoms with Crippen molar-refractivity contribution in [2.75, 3.05) is 6.61 Å². The van der Waals surface area contributed by atoms with E-state index in [-0.39, 0.29) is 0 Å². The maximum Gasteiger partial charge on any atom is 0.472 e. The van der Waals surface area contributed by atoms with Crippen molar-refractivity contribution < 1.29 is 68.0 Å². The Hall–Kier alpha value is -0.0200. The van der Waals surface area contributed by atoms with Gasteiger partial charge >= 0.3 is 15.6 Å². The van der Waals surface area contributed by atoms with Crippen LogP contribution in [0.4, 0.5) is 0 Å². The summed E-state index contributed by atoms with van der Waals surface area (Å²) >= 11 is 0. The van der Waals surface area contributed by atoms with Crippen LogP contribution in [0, 0.1) is 0 Å². The first kappa shape index (κ1) is 22.0. The number of rotatable bonds is 7. The van der Waals surface area contributed by atoms with Crippen molar-refractivity contribution in [1.82, 2.24) is 0 Å². The van der Waals surface area contributed by atoms with Gasteiger partial charge in [-0.1, -0.05) is 0 Å². The molecule has 0 saturated carbocycles. The lowest BCUT2D eigenvalue weighted by atomic mass is 9.93. The van der Waals surface area contributed by atoms with Gasteiger partial charge in [0.1, 0.15) is 36.6 Å². The second kappa shape index (κ2) is 8.12. The predicted octanol–water partition coefficient (Wildman–Crippen LogP) is -4.27. The molecule has 0 spiro atoms.